The van der Waals surface area contributed by atoms with Crippen LogP contribution in [0.1, 0.15) is 68.6 Å². The number of ether oxygens (including phenoxy) is 2. The van der Waals surface area contributed by atoms with E-state index < -0.39 is 8.07 Å². The van der Waals surface area contributed by atoms with E-state index >= 15 is 0 Å². The normalized spacial score (nSPS) is 11.5. The van der Waals surface area contributed by atoms with Crippen molar-refractivity contribution in [3.05, 3.63) is 46.5 Å². The summed E-state index contributed by atoms with van der Waals surface area (Å²) < 4.78 is 11.0. The van der Waals surface area contributed by atoms with Gasteiger partial charge in [-0.15, -0.1) is 5.54 Å². The summed E-state index contributed by atoms with van der Waals surface area (Å²) in [6.45, 7) is 18.1. The lowest BCUT2D eigenvalue weighted by Crippen LogP contribution is -2.43. The highest BCUT2D eigenvalue weighted by Gasteiger charge is 2.41. The molecule has 0 bridgehead atoms. The molecule has 0 heterocycles. The zero-order valence-electron chi connectivity index (χ0n) is 21.3. The minimum atomic E-state index is -1.89. The van der Waals surface area contributed by atoms with E-state index in [0.717, 1.165) is 34.1 Å². The summed E-state index contributed by atoms with van der Waals surface area (Å²) in [5, 5.41) is 0. The van der Waals surface area contributed by atoms with E-state index in [2.05, 4.69) is 79.0 Å². The smallest absolute Gasteiger partial charge is 0.161 e. The van der Waals surface area contributed by atoms with Crippen LogP contribution < -0.4 is 9.47 Å². The molecule has 3 nitrogen and oxygen atoms in total. The zero-order chi connectivity index (χ0) is 24.2. The van der Waals surface area contributed by atoms with Gasteiger partial charge in [0.15, 0.2) is 17.8 Å². The highest BCUT2D eigenvalue weighted by atomic mass is 28.3. The fourth-order valence-electron chi connectivity index (χ4n) is 5.08. The van der Waals surface area contributed by atoms with Gasteiger partial charge in [-0.1, -0.05) is 53.5 Å². The lowest BCUT2D eigenvalue weighted by molar-refractivity contribution is 0.112. The number of aryl methyl sites for hydroxylation is 1. The molecule has 4 heteroatoms. The number of rotatable bonds is 7. The molecular formula is C28H38O3Si. The van der Waals surface area contributed by atoms with Crippen molar-refractivity contribution in [2.24, 2.45) is 0 Å². The molecule has 32 heavy (non-hydrogen) atoms. The van der Waals surface area contributed by atoms with Crippen molar-refractivity contribution >= 4 is 14.4 Å². The number of methoxy groups -OCH3 is 2. The predicted octanol–water partition coefficient (Wildman–Crippen LogP) is 7.37. The number of hydrogen-bond donors (Lipinski definition) is 0. The third kappa shape index (κ3) is 4.64. The molecule has 0 saturated carbocycles. The van der Waals surface area contributed by atoms with Crippen molar-refractivity contribution in [3.8, 4) is 34.1 Å². The Morgan fingerprint density at radius 1 is 0.875 bits per heavy atom. The van der Waals surface area contributed by atoms with Gasteiger partial charge in [0.1, 0.15) is 8.07 Å². The molecule has 2 aromatic rings. The maximum atomic E-state index is 12.0. The maximum absolute atomic E-state index is 12.0. The van der Waals surface area contributed by atoms with Gasteiger partial charge >= 0.3 is 0 Å². The molecule has 2 rings (SSSR count). The molecule has 0 aliphatic heterocycles. The fourth-order valence-corrected chi connectivity index (χ4v) is 10.3. The Morgan fingerprint density at radius 2 is 1.41 bits per heavy atom. The first kappa shape index (κ1) is 25.7. The first-order valence-electron chi connectivity index (χ1n) is 11.4. The van der Waals surface area contributed by atoms with Gasteiger partial charge in [0, 0.05) is 16.7 Å². The number of carbonyl (C=O) groups is 1. The van der Waals surface area contributed by atoms with Gasteiger partial charge in [-0.25, -0.2) is 0 Å². The molecule has 0 saturated heterocycles. The van der Waals surface area contributed by atoms with E-state index in [-0.39, 0.29) is 0 Å². The van der Waals surface area contributed by atoms with Crippen molar-refractivity contribution in [1.82, 2.24) is 0 Å². The fraction of sp³-hybridized carbons (Fsp3) is 0.464. The average molecular weight is 451 g/mol. The Morgan fingerprint density at radius 3 is 1.88 bits per heavy atom. The SMILES string of the molecule is COc1cc(C=O)c(-c2c(C#C[Si](C(C)C)(C(C)C)C(C)C)ccc(C)c2C)cc1OC. The van der Waals surface area contributed by atoms with Crippen molar-refractivity contribution in [1.29, 1.82) is 0 Å². The number of hydrogen-bond acceptors (Lipinski definition) is 3. The van der Waals surface area contributed by atoms with Gasteiger partial charge in [-0.2, -0.15) is 0 Å². The van der Waals surface area contributed by atoms with Crippen LogP contribution in [-0.4, -0.2) is 28.6 Å². The summed E-state index contributed by atoms with van der Waals surface area (Å²) in [5.41, 5.74) is 11.1. The Labute approximate surface area is 195 Å². The largest absolute Gasteiger partial charge is 0.493 e. The molecule has 0 spiro atoms. The Bertz CT molecular complexity index is 1020. The van der Waals surface area contributed by atoms with E-state index in [1.54, 1.807) is 20.3 Å². The molecule has 0 radical (unpaired) electrons. The third-order valence-corrected chi connectivity index (χ3v) is 13.3. The molecule has 0 aromatic heterocycles. The second-order valence-corrected chi connectivity index (χ2v) is 15.1. The van der Waals surface area contributed by atoms with Gasteiger partial charge in [0.2, 0.25) is 0 Å². The monoisotopic (exact) mass is 450 g/mol. The van der Waals surface area contributed by atoms with Crippen LogP contribution in [0.5, 0.6) is 11.5 Å². The van der Waals surface area contributed by atoms with Gasteiger partial charge in [0.25, 0.3) is 0 Å². The molecule has 0 amide bonds. The Kier molecular flexibility index (Phi) is 8.37. The van der Waals surface area contributed by atoms with Gasteiger partial charge in [0.05, 0.1) is 14.2 Å². The van der Waals surface area contributed by atoms with Crippen LogP contribution in [0, 0.1) is 25.3 Å². The molecule has 172 valence electrons. The second-order valence-electron chi connectivity index (χ2n) is 9.49. The Hall–Kier alpha value is -2.51. The summed E-state index contributed by atoms with van der Waals surface area (Å²) in [7, 11) is 1.29. The van der Waals surface area contributed by atoms with E-state index in [1.807, 2.05) is 6.07 Å². The van der Waals surface area contributed by atoms with Crippen LogP contribution in [0.25, 0.3) is 11.1 Å². The first-order valence-corrected chi connectivity index (χ1v) is 13.6. The zero-order valence-corrected chi connectivity index (χ0v) is 22.3. The molecule has 2 aromatic carbocycles. The van der Waals surface area contributed by atoms with E-state index in [1.165, 1.54) is 0 Å². The van der Waals surface area contributed by atoms with Crippen LogP contribution in [0.2, 0.25) is 16.6 Å². The van der Waals surface area contributed by atoms with E-state index in [0.29, 0.717) is 33.7 Å². The molecule has 0 unspecified atom stereocenters. The van der Waals surface area contributed by atoms with Crippen molar-refractivity contribution in [2.45, 2.75) is 72.0 Å². The first-order chi connectivity index (χ1) is 15.0. The van der Waals surface area contributed by atoms with Gasteiger partial charge in [-0.05, 0) is 65.4 Å². The molecular weight excluding hydrogens is 412 g/mol. The standard InChI is InChI=1S/C28H38O3Si/c1-18(2)32(19(3)4,20(5)6)14-13-23-12-11-21(7)22(8)28(23)25-16-27(31-10)26(30-9)15-24(25)17-29/h11-12,15-20H,1-10H3. The number of benzene rings is 2. The summed E-state index contributed by atoms with van der Waals surface area (Å²) >= 11 is 0. The molecule has 0 fully saturated rings. The predicted molar refractivity (Wildman–Crippen MR) is 138 cm³/mol. The highest BCUT2D eigenvalue weighted by Crippen LogP contribution is 2.42. The van der Waals surface area contributed by atoms with Crippen LogP contribution in [0.4, 0.5) is 0 Å². The lowest BCUT2D eigenvalue weighted by atomic mass is 9.89. The summed E-state index contributed by atoms with van der Waals surface area (Å²) in [6, 6.07) is 7.85. The number of aldehydes is 1. The van der Waals surface area contributed by atoms with Crippen LogP contribution in [0.15, 0.2) is 24.3 Å². The topological polar surface area (TPSA) is 35.5 Å². The lowest BCUT2D eigenvalue weighted by Gasteiger charge is -2.38. The quantitative estimate of drug-likeness (QED) is 0.251. The average Bonchev–Trinajstić information content (AvgIpc) is 2.75. The summed E-state index contributed by atoms with van der Waals surface area (Å²) in [4.78, 5) is 12.0. The summed E-state index contributed by atoms with van der Waals surface area (Å²) in [6.07, 6.45) is 0.881. The van der Waals surface area contributed by atoms with E-state index in [4.69, 9.17) is 9.47 Å². The second kappa shape index (κ2) is 10.4. The van der Waals surface area contributed by atoms with Crippen molar-refractivity contribution < 1.29 is 14.3 Å². The third-order valence-electron chi connectivity index (χ3n) is 6.97. The van der Waals surface area contributed by atoms with Crippen LogP contribution in [0.3, 0.4) is 0 Å². The molecule has 0 N–H and O–H groups in total. The van der Waals surface area contributed by atoms with Crippen molar-refractivity contribution in [3.63, 3.8) is 0 Å². The van der Waals surface area contributed by atoms with Gasteiger partial charge in [-0.3, -0.25) is 4.79 Å². The highest BCUT2D eigenvalue weighted by molar-refractivity contribution is 6.90. The van der Waals surface area contributed by atoms with Gasteiger partial charge < -0.3 is 9.47 Å². The molecule has 0 aliphatic carbocycles. The summed E-state index contributed by atoms with van der Waals surface area (Å²) in [5.74, 6) is 4.75. The number of carbonyl (C=O) groups excluding carboxylic acids is 1. The molecule has 0 aliphatic rings. The minimum absolute atomic E-state index is 0.544. The maximum Gasteiger partial charge on any atom is 0.161 e. The van der Waals surface area contributed by atoms with Crippen LogP contribution in [-0.2, 0) is 0 Å². The molecule has 0 atom stereocenters. The van der Waals surface area contributed by atoms with E-state index in [9.17, 15) is 4.79 Å². The van der Waals surface area contributed by atoms with Crippen LogP contribution >= 0.6 is 0 Å². The minimum Gasteiger partial charge on any atom is -0.493 e. The Balaban J connectivity index is 2.88. The van der Waals surface area contributed by atoms with Crippen molar-refractivity contribution in [2.75, 3.05) is 14.2 Å².